The number of anilines is 1. The Morgan fingerprint density at radius 1 is 1.26 bits per heavy atom. The first-order valence-corrected chi connectivity index (χ1v) is 7.78. The van der Waals surface area contributed by atoms with Crippen molar-refractivity contribution >= 4 is 28.9 Å². The van der Waals surface area contributed by atoms with Gasteiger partial charge in [-0.05, 0) is 51.4 Å². The number of methoxy groups -OCH3 is 1. The third-order valence-electron chi connectivity index (χ3n) is 2.93. The zero-order valence-corrected chi connectivity index (χ0v) is 14.6. The summed E-state index contributed by atoms with van der Waals surface area (Å²) >= 11 is 5.08. The van der Waals surface area contributed by atoms with E-state index in [0.29, 0.717) is 10.9 Å². The zero-order valence-electron chi connectivity index (χ0n) is 13.8. The monoisotopic (exact) mass is 339 g/mol. The van der Waals surface area contributed by atoms with Crippen LogP contribution in [0.5, 0.6) is 5.75 Å². The summed E-state index contributed by atoms with van der Waals surface area (Å²) in [6, 6.07) is 7.40. The van der Waals surface area contributed by atoms with Gasteiger partial charge in [-0.1, -0.05) is 12.1 Å². The van der Waals surface area contributed by atoms with Crippen molar-refractivity contribution in [1.29, 1.82) is 0 Å². The number of para-hydroxylation sites is 2. The molecule has 0 fully saturated rings. The molecule has 0 aliphatic rings. The Bertz CT molecular complexity index is 510. The number of ether oxygens (including phenoxy) is 1. The number of nitrogens with one attached hydrogen (secondary N) is 4. The van der Waals surface area contributed by atoms with Crippen molar-refractivity contribution in [3.05, 3.63) is 24.3 Å². The molecule has 8 heteroatoms. The maximum Gasteiger partial charge on any atom is 0.257 e. The summed E-state index contributed by atoms with van der Waals surface area (Å²) in [4.78, 5) is 13.9. The number of carbonyl (C=O) groups excluding carboxylic acids is 1. The first-order chi connectivity index (χ1) is 11.0. The van der Waals surface area contributed by atoms with Crippen LogP contribution in [-0.2, 0) is 4.79 Å². The predicted octanol–water partition coefficient (Wildman–Crippen LogP) is 0.554. The minimum atomic E-state index is -0.228. The molecule has 0 saturated heterocycles. The van der Waals surface area contributed by atoms with Crippen molar-refractivity contribution in [2.75, 3.05) is 46.2 Å². The Labute approximate surface area is 142 Å². The normalized spacial score (nSPS) is 10.1. The fourth-order valence-corrected chi connectivity index (χ4v) is 1.93. The molecule has 4 N–H and O–H groups in total. The molecule has 23 heavy (non-hydrogen) atoms. The first-order valence-electron chi connectivity index (χ1n) is 7.37. The molecule has 0 radical (unpaired) electrons. The number of thiocarbonyl (C=S) groups is 1. The molecule has 0 aliphatic carbocycles. The molecule has 0 atom stereocenters. The van der Waals surface area contributed by atoms with Gasteiger partial charge in [0, 0.05) is 6.54 Å². The SMILES string of the molecule is COc1ccccc1NCC(=O)NNC(=S)NCCCN(C)C. The Kier molecular flexibility index (Phi) is 8.78. The lowest BCUT2D eigenvalue weighted by atomic mass is 10.3. The van der Waals surface area contributed by atoms with Crippen LogP contribution in [0.3, 0.4) is 0 Å². The van der Waals surface area contributed by atoms with E-state index in [0.717, 1.165) is 25.2 Å². The van der Waals surface area contributed by atoms with Gasteiger partial charge in [-0.15, -0.1) is 0 Å². The second kappa shape index (κ2) is 10.6. The minimum absolute atomic E-state index is 0.108. The van der Waals surface area contributed by atoms with E-state index in [-0.39, 0.29) is 12.5 Å². The average molecular weight is 339 g/mol. The standard InChI is InChI=1S/C15H25N5O2S/c1-20(2)10-6-9-16-15(23)19-18-14(21)11-17-12-7-4-5-8-13(12)22-3/h4-5,7-8,17H,6,9-11H2,1-3H3,(H,18,21)(H2,16,19,23). The Morgan fingerprint density at radius 2 is 2.00 bits per heavy atom. The largest absolute Gasteiger partial charge is 0.495 e. The maximum atomic E-state index is 11.8. The molecule has 0 spiro atoms. The van der Waals surface area contributed by atoms with Crippen LogP contribution in [0.25, 0.3) is 0 Å². The maximum absolute atomic E-state index is 11.8. The van der Waals surface area contributed by atoms with Crippen LogP contribution < -0.4 is 26.2 Å². The van der Waals surface area contributed by atoms with Crippen molar-refractivity contribution in [3.63, 3.8) is 0 Å². The van der Waals surface area contributed by atoms with Crippen LogP contribution in [-0.4, -0.2) is 56.8 Å². The van der Waals surface area contributed by atoms with Crippen molar-refractivity contribution in [2.24, 2.45) is 0 Å². The van der Waals surface area contributed by atoms with Crippen molar-refractivity contribution in [2.45, 2.75) is 6.42 Å². The predicted molar refractivity (Wildman–Crippen MR) is 96.5 cm³/mol. The van der Waals surface area contributed by atoms with Crippen molar-refractivity contribution in [3.8, 4) is 5.75 Å². The van der Waals surface area contributed by atoms with Gasteiger partial charge in [0.25, 0.3) is 5.91 Å². The lowest BCUT2D eigenvalue weighted by molar-refractivity contribution is -0.119. The van der Waals surface area contributed by atoms with Crippen molar-refractivity contribution in [1.82, 2.24) is 21.1 Å². The van der Waals surface area contributed by atoms with Gasteiger partial charge in [-0.25, -0.2) is 0 Å². The molecule has 7 nitrogen and oxygen atoms in total. The molecule has 1 aromatic carbocycles. The molecule has 0 bridgehead atoms. The van der Waals surface area contributed by atoms with E-state index in [2.05, 4.69) is 26.4 Å². The molecule has 1 rings (SSSR count). The molecule has 0 saturated carbocycles. The summed E-state index contributed by atoms with van der Waals surface area (Å²) < 4.78 is 5.20. The molecule has 1 aromatic rings. The summed E-state index contributed by atoms with van der Waals surface area (Å²) in [5.74, 6) is 0.458. The van der Waals surface area contributed by atoms with Gasteiger partial charge in [0.05, 0.1) is 19.3 Å². The second-order valence-electron chi connectivity index (χ2n) is 5.14. The third kappa shape index (κ3) is 8.22. The Hall–Kier alpha value is -2.06. The molecular weight excluding hydrogens is 314 g/mol. The Balaban J connectivity index is 2.20. The topological polar surface area (TPSA) is 77.7 Å². The van der Waals surface area contributed by atoms with E-state index in [4.69, 9.17) is 17.0 Å². The number of benzene rings is 1. The summed E-state index contributed by atoms with van der Waals surface area (Å²) in [6.07, 6.45) is 0.970. The lowest BCUT2D eigenvalue weighted by Crippen LogP contribution is -2.48. The summed E-state index contributed by atoms with van der Waals surface area (Å²) in [5.41, 5.74) is 5.96. The van der Waals surface area contributed by atoms with Gasteiger partial charge in [-0.3, -0.25) is 15.6 Å². The van der Waals surface area contributed by atoms with Gasteiger partial charge in [0.2, 0.25) is 0 Å². The molecule has 0 aromatic heterocycles. The fourth-order valence-electron chi connectivity index (χ4n) is 1.78. The number of hydrazine groups is 1. The van der Waals surface area contributed by atoms with Gasteiger partial charge in [0.1, 0.15) is 5.75 Å². The third-order valence-corrected chi connectivity index (χ3v) is 3.18. The van der Waals surface area contributed by atoms with E-state index in [1.54, 1.807) is 7.11 Å². The first kappa shape index (κ1) is 19.0. The highest BCUT2D eigenvalue weighted by molar-refractivity contribution is 7.80. The summed E-state index contributed by atoms with van der Waals surface area (Å²) in [5, 5.41) is 6.43. The molecular formula is C15H25N5O2S. The minimum Gasteiger partial charge on any atom is -0.495 e. The molecule has 1 amide bonds. The lowest BCUT2D eigenvalue weighted by Gasteiger charge is -2.14. The zero-order chi connectivity index (χ0) is 17.1. The van der Waals surface area contributed by atoms with Crippen LogP contribution in [0.2, 0.25) is 0 Å². The van der Waals surface area contributed by atoms with Crippen molar-refractivity contribution < 1.29 is 9.53 Å². The van der Waals surface area contributed by atoms with Crippen LogP contribution in [0.4, 0.5) is 5.69 Å². The van der Waals surface area contributed by atoms with E-state index in [9.17, 15) is 4.79 Å². The number of rotatable bonds is 8. The van der Waals surface area contributed by atoms with Gasteiger partial charge < -0.3 is 20.3 Å². The molecule has 0 aliphatic heterocycles. The quantitative estimate of drug-likeness (QED) is 0.313. The van der Waals surface area contributed by atoms with Crippen LogP contribution in [0.1, 0.15) is 6.42 Å². The molecule has 0 heterocycles. The summed E-state index contributed by atoms with van der Waals surface area (Å²) in [7, 11) is 5.62. The number of amides is 1. The molecule has 128 valence electrons. The highest BCUT2D eigenvalue weighted by Gasteiger charge is 2.05. The second-order valence-corrected chi connectivity index (χ2v) is 5.55. The highest BCUT2D eigenvalue weighted by Crippen LogP contribution is 2.22. The van der Waals surface area contributed by atoms with Crippen LogP contribution in [0.15, 0.2) is 24.3 Å². The van der Waals surface area contributed by atoms with E-state index in [1.807, 2.05) is 38.4 Å². The van der Waals surface area contributed by atoms with E-state index in [1.165, 1.54) is 0 Å². The Morgan fingerprint density at radius 3 is 2.70 bits per heavy atom. The number of nitrogens with zero attached hydrogens (tertiary/aromatic N) is 1. The van der Waals surface area contributed by atoms with Crippen LogP contribution in [0, 0.1) is 0 Å². The fraction of sp³-hybridized carbons (Fsp3) is 0.467. The van der Waals surface area contributed by atoms with Gasteiger partial charge >= 0.3 is 0 Å². The highest BCUT2D eigenvalue weighted by atomic mass is 32.1. The molecule has 0 unspecified atom stereocenters. The van der Waals surface area contributed by atoms with E-state index < -0.39 is 0 Å². The smallest absolute Gasteiger partial charge is 0.257 e. The number of hydrogen-bond acceptors (Lipinski definition) is 5. The summed E-state index contributed by atoms with van der Waals surface area (Å²) in [6.45, 7) is 1.83. The number of hydrogen-bond donors (Lipinski definition) is 4. The van der Waals surface area contributed by atoms with Gasteiger partial charge in [-0.2, -0.15) is 0 Å². The van der Waals surface area contributed by atoms with Crippen LogP contribution >= 0.6 is 12.2 Å². The number of carbonyl (C=O) groups is 1. The average Bonchev–Trinajstić information content (AvgIpc) is 2.55. The van der Waals surface area contributed by atoms with E-state index >= 15 is 0 Å². The van der Waals surface area contributed by atoms with Gasteiger partial charge in [0.15, 0.2) is 5.11 Å².